The van der Waals surface area contributed by atoms with Gasteiger partial charge in [0, 0.05) is 23.4 Å². The van der Waals surface area contributed by atoms with Crippen LogP contribution in [0.2, 0.25) is 0 Å². The molecule has 0 saturated carbocycles. The van der Waals surface area contributed by atoms with E-state index in [0.717, 1.165) is 10.9 Å². The molecule has 2 amide bonds. The van der Waals surface area contributed by atoms with Gasteiger partial charge in [0.1, 0.15) is 17.1 Å². The lowest BCUT2D eigenvalue weighted by Gasteiger charge is -2.09. The highest BCUT2D eigenvalue weighted by Crippen LogP contribution is 2.24. The summed E-state index contributed by atoms with van der Waals surface area (Å²) in [5.74, 6) is 0.565. The first-order valence-corrected chi connectivity index (χ1v) is 9.14. The Hall–Kier alpha value is -3.55. The van der Waals surface area contributed by atoms with Crippen molar-refractivity contribution < 1.29 is 23.2 Å². The normalized spacial score (nSPS) is 10.7. The van der Waals surface area contributed by atoms with Crippen molar-refractivity contribution in [2.45, 2.75) is 26.3 Å². The van der Waals surface area contributed by atoms with Gasteiger partial charge < -0.3 is 24.2 Å². The first kappa shape index (κ1) is 20.2. The number of hydrogen-bond donors (Lipinski definition) is 2. The second-order valence-electron chi connectivity index (χ2n) is 6.49. The van der Waals surface area contributed by atoms with Gasteiger partial charge in [0.2, 0.25) is 11.8 Å². The zero-order chi connectivity index (χ0) is 20.8. The first-order chi connectivity index (χ1) is 14.0. The summed E-state index contributed by atoms with van der Waals surface area (Å²) >= 11 is 0. The maximum Gasteiger partial charge on any atom is 0.339 e. The summed E-state index contributed by atoms with van der Waals surface area (Å²) in [4.78, 5) is 36.2. The number of carbonyl (C=O) groups is 2. The zero-order valence-electron chi connectivity index (χ0n) is 16.2. The maximum absolute atomic E-state index is 12.3. The Morgan fingerprint density at radius 2 is 1.97 bits per heavy atom. The topological polar surface area (TPSA) is 111 Å². The number of benzene rings is 1. The molecular weight excluding hydrogens is 376 g/mol. The standard InChI is InChI=1S/C21H22N2O6/c1-13-16-6-5-14(27-2)10-18(16)29-21(26)17(13)7-8-19(24)23-12-20(25)22-11-15-4-3-9-28-15/h3-6,9-10H,7-8,11-12H2,1-2H3,(H,22,25)(H,23,24). The molecule has 0 fully saturated rings. The molecule has 2 heterocycles. The molecule has 29 heavy (non-hydrogen) atoms. The van der Waals surface area contributed by atoms with Gasteiger partial charge in [-0.3, -0.25) is 9.59 Å². The molecule has 0 aliphatic carbocycles. The summed E-state index contributed by atoms with van der Waals surface area (Å²) in [5.41, 5.74) is 1.17. The average molecular weight is 398 g/mol. The minimum absolute atomic E-state index is 0.0682. The third-order valence-corrected chi connectivity index (χ3v) is 4.58. The molecule has 8 nitrogen and oxygen atoms in total. The number of methoxy groups -OCH3 is 1. The molecule has 2 aromatic heterocycles. The van der Waals surface area contributed by atoms with Gasteiger partial charge in [-0.05, 0) is 43.2 Å². The molecule has 0 aliphatic rings. The Kier molecular flexibility index (Phi) is 6.33. The molecule has 3 rings (SSSR count). The van der Waals surface area contributed by atoms with Crippen LogP contribution in [-0.2, 0) is 22.6 Å². The number of nitrogens with one attached hydrogen (secondary N) is 2. The fraction of sp³-hybridized carbons (Fsp3) is 0.286. The molecule has 3 aromatic rings. The Balaban J connectivity index is 1.55. The Labute approximate surface area is 166 Å². The fourth-order valence-electron chi connectivity index (χ4n) is 2.96. The molecule has 0 unspecified atom stereocenters. The van der Waals surface area contributed by atoms with Crippen molar-refractivity contribution in [2.24, 2.45) is 0 Å². The molecule has 1 aromatic carbocycles. The number of ether oxygens (including phenoxy) is 1. The van der Waals surface area contributed by atoms with E-state index in [1.807, 2.05) is 13.0 Å². The van der Waals surface area contributed by atoms with Gasteiger partial charge in [0.05, 0.1) is 26.5 Å². The van der Waals surface area contributed by atoms with Crippen molar-refractivity contribution in [1.29, 1.82) is 0 Å². The SMILES string of the molecule is COc1ccc2c(C)c(CCC(=O)NCC(=O)NCc3ccco3)c(=O)oc2c1. The quantitative estimate of drug-likeness (QED) is 0.562. The molecule has 2 N–H and O–H groups in total. The molecule has 8 heteroatoms. The predicted octanol–water partition coefficient (Wildman–Crippen LogP) is 2.07. The summed E-state index contributed by atoms with van der Waals surface area (Å²) in [6.45, 7) is 1.93. The summed E-state index contributed by atoms with van der Waals surface area (Å²) < 4.78 is 15.6. The largest absolute Gasteiger partial charge is 0.497 e. The Morgan fingerprint density at radius 1 is 1.14 bits per heavy atom. The molecule has 0 atom stereocenters. The van der Waals surface area contributed by atoms with Crippen LogP contribution in [0.1, 0.15) is 23.3 Å². The van der Waals surface area contributed by atoms with Crippen LogP contribution in [0.4, 0.5) is 0 Å². The third kappa shape index (κ3) is 5.04. The van der Waals surface area contributed by atoms with Crippen molar-refractivity contribution in [1.82, 2.24) is 10.6 Å². The number of aryl methyl sites for hydroxylation is 1. The van der Waals surface area contributed by atoms with Crippen LogP contribution in [0.15, 0.2) is 50.2 Å². The van der Waals surface area contributed by atoms with Gasteiger partial charge in [0.25, 0.3) is 0 Å². The fourth-order valence-corrected chi connectivity index (χ4v) is 2.96. The van der Waals surface area contributed by atoms with Crippen molar-refractivity contribution in [3.8, 4) is 5.75 Å². The second kappa shape index (κ2) is 9.09. The summed E-state index contributed by atoms with van der Waals surface area (Å²) in [6, 6.07) is 8.73. The van der Waals surface area contributed by atoms with Crippen molar-refractivity contribution in [2.75, 3.05) is 13.7 Å². The van der Waals surface area contributed by atoms with Crippen LogP contribution < -0.4 is 21.0 Å². The number of fused-ring (bicyclic) bond motifs is 1. The van der Waals surface area contributed by atoms with E-state index < -0.39 is 5.63 Å². The lowest BCUT2D eigenvalue weighted by Crippen LogP contribution is -2.36. The van der Waals surface area contributed by atoms with Crippen LogP contribution in [-0.4, -0.2) is 25.5 Å². The minimum Gasteiger partial charge on any atom is -0.497 e. The number of rotatable bonds is 8. The Morgan fingerprint density at radius 3 is 2.69 bits per heavy atom. The van der Waals surface area contributed by atoms with E-state index in [9.17, 15) is 14.4 Å². The van der Waals surface area contributed by atoms with E-state index in [1.165, 1.54) is 13.4 Å². The van der Waals surface area contributed by atoms with Crippen molar-refractivity contribution in [3.63, 3.8) is 0 Å². The first-order valence-electron chi connectivity index (χ1n) is 9.14. The minimum atomic E-state index is -0.479. The number of amides is 2. The third-order valence-electron chi connectivity index (χ3n) is 4.58. The number of hydrogen-bond acceptors (Lipinski definition) is 6. The molecular formula is C21H22N2O6. The molecule has 0 aliphatic heterocycles. The van der Waals surface area contributed by atoms with Gasteiger partial charge in [-0.15, -0.1) is 0 Å². The second-order valence-corrected chi connectivity index (χ2v) is 6.49. The van der Waals surface area contributed by atoms with Crippen LogP contribution in [0, 0.1) is 6.92 Å². The van der Waals surface area contributed by atoms with Gasteiger partial charge in [-0.2, -0.15) is 0 Å². The summed E-state index contributed by atoms with van der Waals surface area (Å²) in [6.07, 6.45) is 1.81. The zero-order valence-corrected chi connectivity index (χ0v) is 16.2. The highest BCUT2D eigenvalue weighted by atomic mass is 16.5. The molecule has 0 spiro atoms. The predicted molar refractivity (Wildman–Crippen MR) is 106 cm³/mol. The van der Waals surface area contributed by atoms with E-state index >= 15 is 0 Å². The number of carbonyl (C=O) groups excluding carboxylic acids is 2. The maximum atomic E-state index is 12.3. The van der Waals surface area contributed by atoms with Gasteiger partial charge in [0.15, 0.2) is 0 Å². The van der Waals surface area contributed by atoms with E-state index in [1.54, 1.807) is 24.3 Å². The Bertz CT molecular complexity index is 1070. The van der Waals surface area contributed by atoms with Crippen LogP contribution >= 0.6 is 0 Å². The molecule has 152 valence electrons. The molecule has 0 bridgehead atoms. The van der Waals surface area contributed by atoms with Gasteiger partial charge in [-0.25, -0.2) is 4.79 Å². The van der Waals surface area contributed by atoms with Crippen LogP contribution in [0.3, 0.4) is 0 Å². The van der Waals surface area contributed by atoms with E-state index in [2.05, 4.69) is 10.6 Å². The summed E-state index contributed by atoms with van der Waals surface area (Å²) in [5, 5.41) is 5.97. The van der Waals surface area contributed by atoms with Crippen molar-refractivity contribution in [3.05, 3.63) is 63.9 Å². The summed E-state index contributed by atoms with van der Waals surface area (Å²) in [7, 11) is 1.54. The molecule has 0 saturated heterocycles. The number of furan rings is 1. The lowest BCUT2D eigenvalue weighted by atomic mass is 10.0. The van der Waals surface area contributed by atoms with Gasteiger partial charge in [-0.1, -0.05) is 0 Å². The van der Waals surface area contributed by atoms with E-state index in [-0.39, 0.29) is 37.7 Å². The van der Waals surface area contributed by atoms with Crippen LogP contribution in [0.25, 0.3) is 11.0 Å². The van der Waals surface area contributed by atoms with Crippen LogP contribution in [0.5, 0.6) is 5.75 Å². The highest BCUT2D eigenvalue weighted by molar-refractivity contribution is 5.85. The van der Waals surface area contributed by atoms with E-state index in [4.69, 9.17) is 13.6 Å². The van der Waals surface area contributed by atoms with Crippen molar-refractivity contribution >= 4 is 22.8 Å². The monoisotopic (exact) mass is 398 g/mol. The molecule has 0 radical (unpaired) electrons. The van der Waals surface area contributed by atoms with E-state index in [0.29, 0.717) is 22.7 Å². The van der Waals surface area contributed by atoms with Gasteiger partial charge >= 0.3 is 5.63 Å². The lowest BCUT2D eigenvalue weighted by molar-refractivity contribution is -0.126. The average Bonchev–Trinajstić information content (AvgIpc) is 3.23. The highest BCUT2D eigenvalue weighted by Gasteiger charge is 2.14. The smallest absolute Gasteiger partial charge is 0.339 e.